The molecule has 0 bridgehead atoms. The minimum Gasteiger partial charge on any atom is -0.506 e. The van der Waals surface area contributed by atoms with Crippen molar-refractivity contribution < 1.29 is 9.90 Å². The molecule has 1 aliphatic heterocycles. The van der Waals surface area contributed by atoms with Crippen LogP contribution in [0.1, 0.15) is 29.5 Å². The largest absolute Gasteiger partial charge is 0.506 e. The van der Waals surface area contributed by atoms with Gasteiger partial charge in [0.25, 0.3) is 0 Å². The van der Waals surface area contributed by atoms with E-state index in [1.165, 1.54) is 5.56 Å². The Hall–Kier alpha value is -2.55. The molecule has 0 radical (unpaired) electrons. The average molecular weight is 398 g/mol. The van der Waals surface area contributed by atoms with Crippen LogP contribution in [0, 0.1) is 11.3 Å². The Labute approximate surface area is 170 Å². The Bertz CT molecular complexity index is 861. The Morgan fingerprint density at radius 3 is 2.54 bits per heavy atom. The monoisotopic (exact) mass is 397 g/mol. The van der Waals surface area contributed by atoms with Gasteiger partial charge in [-0.15, -0.1) is 0 Å². The fourth-order valence-electron chi connectivity index (χ4n) is 3.44. The summed E-state index contributed by atoms with van der Waals surface area (Å²) in [6.45, 7) is 4.14. The number of aromatic hydroxyl groups is 1. The van der Waals surface area contributed by atoms with Crippen molar-refractivity contribution in [1.29, 1.82) is 5.26 Å². The summed E-state index contributed by atoms with van der Waals surface area (Å²) >= 11 is 5.93. The number of carbonyl (C=O) groups is 1. The van der Waals surface area contributed by atoms with Gasteiger partial charge in [0.15, 0.2) is 0 Å². The second kappa shape index (κ2) is 9.59. The van der Waals surface area contributed by atoms with Crippen molar-refractivity contribution in [3.05, 3.63) is 64.2 Å². The van der Waals surface area contributed by atoms with Crippen LogP contribution in [0.2, 0.25) is 5.02 Å². The van der Waals surface area contributed by atoms with Crippen LogP contribution in [-0.2, 0) is 17.8 Å². The zero-order chi connectivity index (χ0) is 19.9. The first-order valence-electron chi connectivity index (χ1n) is 9.52. The van der Waals surface area contributed by atoms with Crippen molar-refractivity contribution in [2.24, 2.45) is 0 Å². The van der Waals surface area contributed by atoms with Gasteiger partial charge in [-0.3, -0.25) is 9.69 Å². The first-order valence-corrected chi connectivity index (χ1v) is 9.89. The maximum atomic E-state index is 12.6. The molecule has 5 nitrogen and oxygen atoms in total. The number of rotatable bonds is 5. The van der Waals surface area contributed by atoms with Crippen LogP contribution in [0.25, 0.3) is 0 Å². The first kappa shape index (κ1) is 20.2. The number of benzene rings is 2. The maximum Gasteiger partial charge on any atom is 0.222 e. The van der Waals surface area contributed by atoms with E-state index < -0.39 is 0 Å². The number of carbonyl (C=O) groups excluding carboxylic acids is 1. The SMILES string of the molecule is N#Cc1ccc(CN2CCCN(C(=O)CCc3ccc(O)c(Cl)c3)CC2)cc1. The highest BCUT2D eigenvalue weighted by Crippen LogP contribution is 2.24. The number of hydrogen-bond donors (Lipinski definition) is 1. The molecule has 0 spiro atoms. The van der Waals surface area contributed by atoms with Gasteiger partial charge in [-0.05, 0) is 48.2 Å². The van der Waals surface area contributed by atoms with Crippen molar-refractivity contribution in [3.8, 4) is 11.8 Å². The van der Waals surface area contributed by atoms with E-state index in [9.17, 15) is 9.90 Å². The van der Waals surface area contributed by atoms with E-state index in [2.05, 4.69) is 11.0 Å². The van der Waals surface area contributed by atoms with E-state index in [0.29, 0.717) is 23.4 Å². The van der Waals surface area contributed by atoms with Crippen LogP contribution in [0.5, 0.6) is 5.75 Å². The van der Waals surface area contributed by atoms with Gasteiger partial charge in [0.2, 0.25) is 5.91 Å². The first-order chi connectivity index (χ1) is 13.5. The molecule has 1 N–H and O–H groups in total. The molecule has 1 fully saturated rings. The number of amides is 1. The number of hydrogen-bond acceptors (Lipinski definition) is 4. The van der Waals surface area contributed by atoms with Gasteiger partial charge in [0.05, 0.1) is 16.7 Å². The van der Waals surface area contributed by atoms with Crippen LogP contribution in [0.15, 0.2) is 42.5 Å². The Balaban J connectivity index is 1.48. The van der Waals surface area contributed by atoms with Crippen LogP contribution >= 0.6 is 11.6 Å². The summed E-state index contributed by atoms with van der Waals surface area (Å²) in [6.07, 6.45) is 2.01. The van der Waals surface area contributed by atoms with E-state index >= 15 is 0 Å². The standard InChI is InChI=1S/C22H24ClN3O2/c23-20-14-17(6-8-21(20)27)7-9-22(28)26-11-1-10-25(12-13-26)16-19-4-2-18(15-24)3-5-19/h2-6,8,14,27H,1,7,9-13,16H2. The number of phenols is 1. The molecular formula is C22H24ClN3O2. The Morgan fingerprint density at radius 1 is 1.07 bits per heavy atom. The normalized spacial score (nSPS) is 15.1. The number of aryl methyl sites for hydroxylation is 1. The molecule has 1 aliphatic rings. The zero-order valence-electron chi connectivity index (χ0n) is 15.8. The van der Waals surface area contributed by atoms with E-state index in [4.69, 9.17) is 16.9 Å². The number of halogens is 1. The summed E-state index contributed by atoms with van der Waals surface area (Å²) in [5.74, 6) is 0.219. The predicted octanol–water partition coefficient (Wildman–Crippen LogP) is 3.58. The van der Waals surface area contributed by atoms with Crippen LogP contribution in [-0.4, -0.2) is 47.0 Å². The molecule has 0 aliphatic carbocycles. The maximum absolute atomic E-state index is 12.6. The van der Waals surface area contributed by atoms with Gasteiger partial charge in [-0.1, -0.05) is 29.8 Å². The minimum atomic E-state index is 0.0617. The fraction of sp³-hybridized carbons (Fsp3) is 0.364. The third-order valence-corrected chi connectivity index (χ3v) is 5.37. The highest BCUT2D eigenvalue weighted by molar-refractivity contribution is 6.32. The Kier molecular flexibility index (Phi) is 6.91. The predicted molar refractivity (Wildman–Crippen MR) is 109 cm³/mol. The summed E-state index contributed by atoms with van der Waals surface area (Å²) in [5.41, 5.74) is 2.81. The van der Waals surface area contributed by atoms with Gasteiger partial charge in [-0.2, -0.15) is 5.26 Å². The summed E-state index contributed by atoms with van der Waals surface area (Å²) < 4.78 is 0. The third-order valence-electron chi connectivity index (χ3n) is 5.07. The van der Waals surface area contributed by atoms with E-state index in [1.807, 2.05) is 29.2 Å². The van der Waals surface area contributed by atoms with Gasteiger partial charge in [0, 0.05) is 39.1 Å². The lowest BCUT2D eigenvalue weighted by molar-refractivity contribution is -0.131. The van der Waals surface area contributed by atoms with Crippen molar-refractivity contribution >= 4 is 17.5 Å². The highest BCUT2D eigenvalue weighted by Gasteiger charge is 2.19. The minimum absolute atomic E-state index is 0.0617. The molecule has 6 heteroatoms. The van der Waals surface area contributed by atoms with Gasteiger partial charge < -0.3 is 10.0 Å². The lowest BCUT2D eigenvalue weighted by atomic mass is 10.1. The average Bonchev–Trinajstić information content (AvgIpc) is 2.95. The van der Waals surface area contributed by atoms with Crippen molar-refractivity contribution in [2.75, 3.05) is 26.2 Å². The summed E-state index contributed by atoms with van der Waals surface area (Å²) in [6, 6.07) is 14.9. The molecule has 0 unspecified atom stereocenters. The summed E-state index contributed by atoms with van der Waals surface area (Å²) in [4.78, 5) is 16.9. The topological polar surface area (TPSA) is 67.6 Å². The number of nitrogens with zero attached hydrogens (tertiary/aromatic N) is 3. The molecule has 1 amide bonds. The molecule has 146 valence electrons. The molecule has 28 heavy (non-hydrogen) atoms. The number of nitriles is 1. The summed E-state index contributed by atoms with van der Waals surface area (Å²) in [7, 11) is 0. The molecule has 1 saturated heterocycles. The second-order valence-corrected chi connectivity index (χ2v) is 7.51. The smallest absolute Gasteiger partial charge is 0.222 e. The van der Waals surface area contributed by atoms with Crippen LogP contribution in [0.3, 0.4) is 0 Å². The third kappa shape index (κ3) is 5.48. The molecule has 0 atom stereocenters. The van der Waals surface area contributed by atoms with Gasteiger partial charge >= 0.3 is 0 Å². The van der Waals surface area contributed by atoms with Gasteiger partial charge in [-0.25, -0.2) is 0 Å². The Morgan fingerprint density at radius 2 is 1.82 bits per heavy atom. The molecular weight excluding hydrogens is 374 g/mol. The van der Waals surface area contributed by atoms with Crippen molar-refractivity contribution in [2.45, 2.75) is 25.8 Å². The highest BCUT2D eigenvalue weighted by atomic mass is 35.5. The molecule has 0 saturated carbocycles. The fourth-order valence-corrected chi connectivity index (χ4v) is 3.64. The lowest BCUT2D eigenvalue weighted by Crippen LogP contribution is -2.35. The molecule has 3 rings (SSSR count). The lowest BCUT2D eigenvalue weighted by Gasteiger charge is -2.22. The van der Waals surface area contributed by atoms with E-state index in [-0.39, 0.29) is 11.7 Å². The molecule has 0 aromatic heterocycles. The quantitative estimate of drug-likeness (QED) is 0.837. The van der Waals surface area contributed by atoms with Crippen LogP contribution < -0.4 is 0 Å². The molecule has 2 aromatic carbocycles. The van der Waals surface area contributed by atoms with E-state index in [1.54, 1.807) is 18.2 Å². The van der Waals surface area contributed by atoms with E-state index in [0.717, 1.165) is 44.7 Å². The van der Waals surface area contributed by atoms with Gasteiger partial charge in [0.1, 0.15) is 5.75 Å². The second-order valence-electron chi connectivity index (χ2n) is 7.10. The summed E-state index contributed by atoms with van der Waals surface area (Å²) in [5, 5.41) is 18.7. The molecule has 1 heterocycles. The van der Waals surface area contributed by atoms with Crippen LogP contribution in [0.4, 0.5) is 0 Å². The zero-order valence-corrected chi connectivity index (χ0v) is 16.5. The molecule has 2 aromatic rings. The van der Waals surface area contributed by atoms with Crippen molar-refractivity contribution in [3.63, 3.8) is 0 Å². The van der Waals surface area contributed by atoms with Crippen molar-refractivity contribution in [1.82, 2.24) is 9.80 Å². The number of phenolic OH excluding ortho intramolecular Hbond substituents is 1.